The van der Waals surface area contributed by atoms with Crippen molar-refractivity contribution in [3.8, 4) is 5.75 Å². The molecule has 1 aliphatic rings. The molecule has 0 saturated carbocycles. The van der Waals surface area contributed by atoms with E-state index in [1.54, 1.807) is 19.2 Å². The Kier molecular flexibility index (Phi) is 5.13. The number of piperazine rings is 1. The molecule has 0 aliphatic carbocycles. The van der Waals surface area contributed by atoms with Gasteiger partial charge in [-0.3, -0.25) is 4.90 Å². The topological polar surface area (TPSA) is 44.7 Å². The zero-order chi connectivity index (χ0) is 13.7. The van der Waals surface area contributed by atoms with Gasteiger partial charge in [-0.2, -0.15) is 0 Å². The third-order valence-electron chi connectivity index (χ3n) is 3.56. The van der Waals surface area contributed by atoms with Crippen molar-refractivity contribution < 1.29 is 14.2 Å². The second-order valence-corrected chi connectivity index (χ2v) is 4.67. The molecule has 19 heavy (non-hydrogen) atoms. The number of aliphatic hydroxyl groups excluding tert-OH is 1. The van der Waals surface area contributed by atoms with Crippen molar-refractivity contribution in [2.24, 2.45) is 0 Å². The van der Waals surface area contributed by atoms with Crippen LogP contribution in [-0.2, 0) is 0 Å². The Bertz CT molecular complexity index is 408. The van der Waals surface area contributed by atoms with Crippen LogP contribution in [0.15, 0.2) is 18.2 Å². The highest BCUT2D eigenvalue weighted by atomic mass is 19.1. The molecule has 2 rings (SSSR count). The number of halogens is 1. The molecule has 1 aromatic rings. The van der Waals surface area contributed by atoms with Crippen LogP contribution in [0.5, 0.6) is 5.75 Å². The summed E-state index contributed by atoms with van der Waals surface area (Å²) in [6.45, 7) is 3.51. The summed E-state index contributed by atoms with van der Waals surface area (Å²) in [6, 6.07) is 4.73. The SMILES string of the molecule is COc1cccc(F)c1[C@H](CCO)N1CCNCC1. The zero-order valence-electron chi connectivity index (χ0n) is 11.2. The monoisotopic (exact) mass is 268 g/mol. The maximum atomic E-state index is 14.2. The molecule has 1 atom stereocenters. The average molecular weight is 268 g/mol. The minimum atomic E-state index is -0.267. The molecular formula is C14H21FN2O2. The first kappa shape index (κ1) is 14.2. The smallest absolute Gasteiger partial charge is 0.131 e. The largest absolute Gasteiger partial charge is 0.496 e. The number of nitrogens with zero attached hydrogens (tertiary/aromatic N) is 1. The van der Waals surface area contributed by atoms with Gasteiger partial charge in [0.15, 0.2) is 0 Å². The fraction of sp³-hybridized carbons (Fsp3) is 0.571. The van der Waals surface area contributed by atoms with Crippen LogP contribution in [0.3, 0.4) is 0 Å². The van der Waals surface area contributed by atoms with E-state index < -0.39 is 0 Å². The van der Waals surface area contributed by atoms with Crippen LogP contribution in [0, 0.1) is 5.82 Å². The second-order valence-electron chi connectivity index (χ2n) is 4.67. The molecule has 0 spiro atoms. The van der Waals surface area contributed by atoms with Crippen molar-refractivity contribution in [1.29, 1.82) is 0 Å². The van der Waals surface area contributed by atoms with Crippen LogP contribution in [0.1, 0.15) is 18.0 Å². The van der Waals surface area contributed by atoms with Gasteiger partial charge in [0.25, 0.3) is 0 Å². The summed E-state index contributed by atoms with van der Waals surface area (Å²) in [4.78, 5) is 2.20. The van der Waals surface area contributed by atoms with E-state index in [4.69, 9.17) is 4.74 Å². The van der Waals surface area contributed by atoms with Crippen molar-refractivity contribution in [3.05, 3.63) is 29.6 Å². The van der Waals surface area contributed by atoms with E-state index >= 15 is 0 Å². The molecule has 106 valence electrons. The van der Waals surface area contributed by atoms with Crippen molar-refractivity contribution in [1.82, 2.24) is 10.2 Å². The minimum absolute atomic E-state index is 0.0338. The highest BCUT2D eigenvalue weighted by Crippen LogP contribution is 2.33. The van der Waals surface area contributed by atoms with Gasteiger partial charge in [-0.15, -0.1) is 0 Å². The van der Waals surface area contributed by atoms with E-state index in [9.17, 15) is 9.50 Å². The Morgan fingerprint density at radius 3 is 2.79 bits per heavy atom. The molecular weight excluding hydrogens is 247 g/mol. The standard InChI is InChI=1S/C14H21FN2O2/c1-19-13-4-2-3-11(15)14(13)12(5-10-18)17-8-6-16-7-9-17/h2-4,12,16,18H,5-10H2,1H3/t12-/m0/s1. The van der Waals surface area contributed by atoms with E-state index in [1.807, 2.05) is 0 Å². The summed E-state index contributed by atoms with van der Waals surface area (Å²) in [7, 11) is 1.55. The zero-order valence-corrected chi connectivity index (χ0v) is 11.2. The van der Waals surface area contributed by atoms with Gasteiger partial charge in [-0.25, -0.2) is 4.39 Å². The van der Waals surface area contributed by atoms with Crippen molar-refractivity contribution in [2.75, 3.05) is 39.9 Å². The van der Waals surface area contributed by atoms with Gasteiger partial charge in [0, 0.05) is 44.4 Å². The molecule has 1 aromatic carbocycles. The molecule has 1 fully saturated rings. The van der Waals surface area contributed by atoms with Gasteiger partial charge in [0.1, 0.15) is 11.6 Å². The summed E-state index contributed by atoms with van der Waals surface area (Å²) in [6.07, 6.45) is 0.511. The van der Waals surface area contributed by atoms with Crippen LogP contribution in [0.2, 0.25) is 0 Å². The molecule has 0 aromatic heterocycles. The molecule has 0 amide bonds. The highest BCUT2D eigenvalue weighted by molar-refractivity contribution is 5.37. The molecule has 5 heteroatoms. The van der Waals surface area contributed by atoms with E-state index in [-0.39, 0.29) is 18.5 Å². The predicted octanol–water partition coefficient (Wildman–Crippen LogP) is 1.16. The quantitative estimate of drug-likeness (QED) is 0.841. The average Bonchev–Trinajstić information content (AvgIpc) is 2.46. The van der Waals surface area contributed by atoms with Crippen LogP contribution in [0.25, 0.3) is 0 Å². The lowest BCUT2D eigenvalue weighted by Crippen LogP contribution is -2.45. The minimum Gasteiger partial charge on any atom is -0.496 e. The van der Waals surface area contributed by atoms with Crippen molar-refractivity contribution in [2.45, 2.75) is 12.5 Å². The van der Waals surface area contributed by atoms with Crippen molar-refractivity contribution in [3.63, 3.8) is 0 Å². The summed E-state index contributed by atoms with van der Waals surface area (Å²) >= 11 is 0. The Balaban J connectivity index is 2.32. The fourth-order valence-corrected chi connectivity index (χ4v) is 2.64. The third kappa shape index (κ3) is 3.23. The van der Waals surface area contributed by atoms with E-state index in [0.717, 1.165) is 26.2 Å². The Hall–Kier alpha value is -1.17. The van der Waals surface area contributed by atoms with Gasteiger partial charge < -0.3 is 15.2 Å². The maximum absolute atomic E-state index is 14.2. The van der Waals surface area contributed by atoms with Gasteiger partial charge in [-0.1, -0.05) is 6.07 Å². The number of hydrogen-bond donors (Lipinski definition) is 2. The van der Waals surface area contributed by atoms with Crippen molar-refractivity contribution >= 4 is 0 Å². The van der Waals surface area contributed by atoms with Gasteiger partial charge in [-0.05, 0) is 18.6 Å². The Morgan fingerprint density at radius 1 is 1.42 bits per heavy atom. The molecule has 0 unspecified atom stereocenters. The number of methoxy groups -OCH3 is 1. The third-order valence-corrected chi connectivity index (χ3v) is 3.56. The Labute approximate surface area is 113 Å². The van der Waals surface area contributed by atoms with Crippen LogP contribution < -0.4 is 10.1 Å². The molecule has 4 nitrogen and oxygen atoms in total. The van der Waals surface area contributed by atoms with E-state index in [0.29, 0.717) is 17.7 Å². The maximum Gasteiger partial charge on any atom is 0.131 e. The molecule has 2 N–H and O–H groups in total. The highest BCUT2D eigenvalue weighted by Gasteiger charge is 2.27. The second kappa shape index (κ2) is 6.84. The summed E-state index contributed by atoms with van der Waals surface area (Å²) in [5.41, 5.74) is 0.556. The molecule has 1 saturated heterocycles. The molecule has 0 radical (unpaired) electrons. The number of benzene rings is 1. The summed E-state index contributed by atoms with van der Waals surface area (Å²) in [5.74, 6) is 0.285. The van der Waals surface area contributed by atoms with E-state index in [1.165, 1.54) is 6.07 Å². The van der Waals surface area contributed by atoms with E-state index in [2.05, 4.69) is 10.2 Å². The van der Waals surface area contributed by atoms with Crippen LogP contribution >= 0.6 is 0 Å². The number of nitrogens with one attached hydrogen (secondary N) is 1. The van der Waals surface area contributed by atoms with Crippen LogP contribution in [0.4, 0.5) is 4.39 Å². The molecule has 1 aliphatic heterocycles. The van der Waals surface area contributed by atoms with Gasteiger partial charge >= 0.3 is 0 Å². The number of aliphatic hydroxyl groups is 1. The first-order valence-corrected chi connectivity index (χ1v) is 6.66. The number of ether oxygens (including phenoxy) is 1. The predicted molar refractivity (Wildman–Crippen MR) is 71.8 cm³/mol. The first-order chi connectivity index (χ1) is 9.27. The number of hydrogen-bond acceptors (Lipinski definition) is 4. The van der Waals surface area contributed by atoms with Gasteiger partial charge in [0.05, 0.1) is 7.11 Å². The summed E-state index contributed by atoms with van der Waals surface area (Å²) in [5, 5.41) is 12.6. The molecule has 1 heterocycles. The summed E-state index contributed by atoms with van der Waals surface area (Å²) < 4.78 is 19.4. The lowest BCUT2D eigenvalue weighted by Gasteiger charge is -2.35. The Morgan fingerprint density at radius 2 is 2.16 bits per heavy atom. The normalized spacial score (nSPS) is 18.3. The first-order valence-electron chi connectivity index (χ1n) is 6.66. The fourth-order valence-electron chi connectivity index (χ4n) is 2.64. The lowest BCUT2D eigenvalue weighted by molar-refractivity contribution is 0.136. The van der Waals surface area contributed by atoms with Crippen LogP contribution in [-0.4, -0.2) is 49.9 Å². The lowest BCUT2D eigenvalue weighted by atomic mass is 9.99. The van der Waals surface area contributed by atoms with Gasteiger partial charge in [0.2, 0.25) is 0 Å². The number of rotatable bonds is 5. The molecule has 0 bridgehead atoms.